The molecule has 1 saturated carbocycles. The van der Waals surface area contributed by atoms with E-state index in [1.165, 1.54) is 44.3 Å². The highest BCUT2D eigenvalue weighted by Gasteiger charge is 2.42. The van der Waals surface area contributed by atoms with Crippen LogP contribution in [-0.2, 0) is 0 Å². The highest BCUT2D eigenvalue weighted by atomic mass is 15.3. The van der Waals surface area contributed by atoms with Gasteiger partial charge in [0.1, 0.15) is 0 Å². The molecular weight excluding hydrogens is 246 g/mol. The maximum absolute atomic E-state index is 4.58. The van der Waals surface area contributed by atoms with Crippen molar-refractivity contribution in [2.75, 3.05) is 13.1 Å². The van der Waals surface area contributed by atoms with Gasteiger partial charge in [-0.3, -0.25) is 9.88 Å². The third kappa shape index (κ3) is 2.61. The van der Waals surface area contributed by atoms with Gasteiger partial charge >= 0.3 is 0 Å². The molecule has 2 heterocycles. The molecular formula is C17H27N3. The second-order valence-electron chi connectivity index (χ2n) is 6.53. The Bertz CT molecular complexity index is 425. The molecule has 1 aliphatic carbocycles. The minimum atomic E-state index is 0.384. The molecule has 0 radical (unpaired) electrons. The zero-order valence-corrected chi connectivity index (χ0v) is 12.8. The van der Waals surface area contributed by atoms with E-state index >= 15 is 0 Å². The Morgan fingerprint density at radius 1 is 1.40 bits per heavy atom. The summed E-state index contributed by atoms with van der Waals surface area (Å²) in [5.41, 5.74) is 1.59. The average molecular weight is 273 g/mol. The van der Waals surface area contributed by atoms with Crippen molar-refractivity contribution in [3.63, 3.8) is 0 Å². The maximum Gasteiger partial charge on any atom is 0.0572 e. The summed E-state index contributed by atoms with van der Waals surface area (Å²) in [4.78, 5) is 7.27. The molecule has 2 unspecified atom stereocenters. The van der Waals surface area contributed by atoms with E-state index in [1.54, 1.807) is 0 Å². The van der Waals surface area contributed by atoms with Crippen molar-refractivity contribution in [1.29, 1.82) is 0 Å². The van der Waals surface area contributed by atoms with E-state index in [-0.39, 0.29) is 0 Å². The summed E-state index contributed by atoms with van der Waals surface area (Å²) in [7, 11) is 0. The van der Waals surface area contributed by atoms with Crippen LogP contribution in [0, 0.1) is 0 Å². The molecule has 1 N–H and O–H groups in total. The largest absolute Gasteiger partial charge is 0.308 e. The molecule has 1 spiro atoms. The van der Waals surface area contributed by atoms with Crippen LogP contribution < -0.4 is 5.32 Å². The first-order valence-electron chi connectivity index (χ1n) is 8.16. The number of hydrogen-bond donors (Lipinski definition) is 1. The van der Waals surface area contributed by atoms with E-state index in [0.717, 1.165) is 6.54 Å². The molecule has 3 nitrogen and oxygen atoms in total. The van der Waals surface area contributed by atoms with Gasteiger partial charge in [-0.05, 0) is 38.3 Å². The van der Waals surface area contributed by atoms with Gasteiger partial charge in [0.15, 0.2) is 0 Å². The van der Waals surface area contributed by atoms with Crippen molar-refractivity contribution in [1.82, 2.24) is 15.2 Å². The number of rotatable bonds is 3. The van der Waals surface area contributed by atoms with Gasteiger partial charge in [-0.2, -0.15) is 0 Å². The summed E-state index contributed by atoms with van der Waals surface area (Å²) >= 11 is 0. The highest BCUT2D eigenvalue weighted by Crippen LogP contribution is 2.36. The fourth-order valence-corrected chi connectivity index (χ4v) is 4.00. The molecule has 2 aliphatic rings. The summed E-state index contributed by atoms with van der Waals surface area (Å²) in [6, 6.07) is 7.33. The number of nitrogens with zero attached hydrogens (tertiary/aromatic N) is 2. The Labute approximate surface area is 122 Å². The van der Waals surface area contributed by atoms with Crippen molar-refractivity contribution in [2.45, 2.75) is 63.6 Å². The van der Waals surface area contributed by atoms with Gasteiger partial charge in [0, 0.05) is 36.9 Å². The minimum absolute atomic E-state index is 0.384. The molecule has 110 valence electrons. The van der Waals surface area contributed by atoms with Gasteiger partial charge in [-0.25, -0.2) is 0 Å². The van der Waals surface area contributed by atoms with Crippen molar-refractivity contribution < 1.29 is 0 Å². The zero-order valence-electron chi connectivity index (χ0n) is 12.8. The van der Waals surface area contributed by atoms with E-state index in [2.05, 4.69) is 41.2 Å². The standard InChI is InChI=1S/C17H27N3/c1-3-15-12-19-17(9-5-6-10-17)13-20(15)14(2)16-8-4-7-11-18-16/h4,7-8,11,14-15,19H,3,5-6,9-10,12-13H2,1-2H3. The SMILES string of the molecule is CCC1CNC2(CCCC2)CN1C(C)c1ccccn1. The summed E-state index contributed by atoms with van der Waals surface area (Å²) in [5.74, 6) is 0. The van der Waals surface area contributed by atoms with Crippen LogP contribution in [0.1, 0.15) is 57.7 Å². The van der Waals surface area contributed by atoms with Crippen LogP contribution in [0.2, 0.25) is 0 Å². The lowest BCUT2D eigenvalue weighted by Crippen LogP contribution is -2.63. The Balaban J connectivity index is 1.80. The maximum atomic E-state index is 4.58. The molecule has 2 fully saturated rings. The van der Waals surface area contributed by atoms with Crippen molar-refractivity contribution in [3.05, 3.63) is 30.1 Å². The molecule has 2 atom stereocenters. The average Bonchev–Trinajstić information content (AvgIpc) is 2.95. The molecule has 0 aromatic carbocycles. The van der Waals surface area contributed by atoms with Crippen molar-refractivity contribution >= 4 is 0 Å². The van der Waals surface area contributed by atoms with E-state index < -0.39 is 0 Å². The predicted octanol–water partition coefficient (Wildman–Crippen LogP) is 3.14. The molecule has 1 saturated heterocycles. The second-order valence-corrected chi connectivity index (χ2v) is 6.53. The lowest BCUT2D eigenvalue weighted by molar-refractivity contribution is 0.0448. The summed E-state index contributed by atoms with van der Waals surface area (Å²) in [6.07, 6.45) is 8.58. The molecule has 20 heavy (non-hydrogen) atoms. The van der Waals surface area contributed by atoms with E-state index in [1.807, 2.05) is 12.3 Å². The quantitative estimate of drug-likeness (QED) is 0.917. The van der Waals surface area contributed by atoms with E-state index in [0.29, 0.717) is 17.6 Å². The molecule has 3 rings (SSSR count). The summed E-state index contributed by atoms with van der Waals surface area (Å²) in [6.45, 7) is 6.94. The number of pyridine rings is 1. The number of hydrogen-bond acceptors (Lipinski definition) is 3. The molecule has 0 amide bonds. The lowest BCUT2D eigenvalue weighted by atomic mass is 9.90. The fraction of sp³-hybridized carbons (Fsp3) is 0.706. The second kappa shape index (κ2) is 5.82. The Kier molecular flexibility index (Phi) is 4.08. The van der Waals surface area contributed by atoms with Crippen molar-refractivity contribution in [2.24, 2.45) is 0 Å². The number of nitrogens with one attached hydrogen (secondary N) is 1. The molecule has 1 aromatic rings. The van der Waals surface area contributed by atoms with Gasteiger partial charge in [-0.15, -0.1) is 0 Å². The fourth-order valence-electron chi connectivity index (χ4n) is 4.00. The smallest absolute Gasteiger partial charge is 0.0572 e. The topological polar surface area (TPSA) is 28.2 Å². The number of piperazine rings is 1. The third-order valence-corrected chi connectivity index (χ3v) is 5.31. The Hall–Kier alpha value is -0.930. The van der Waals surface area contributed by atoms with Gasteiger partial charge in [-0.1, -0.05) is 25.8 Å². The molecule has 1 aromatic heterocycles. The molecule has 0 bridgehead atoms. The minimum Gasteiger partial charge on any atom is -0.308 e. The van der Waals surface area contributed by atoms with Crippen LogP contribution in [0.3, 0.4) is 0 Å². The summed E-state index contributed by atoms with van der Waals surface area (Å²) in [5, 5.41) is 3.87. The van der Waals surface area contributed by atoms with Gasteiger partial charge in [0.05, 0.1) is 5.69 Å². The van der Waals surface area contributed by atoms with Gasteiger partial charge in [0.25, 0.3) is 0 Å². The van der Waals surface area contributed by atoms with Crippen LogP contribution in [0.15, 0.2) is 24.4 Å². The van der Waals surface area contributed by atoms with Crippen LogP contribution in [0.4, 0.5) is 0 Å². The first-order valence-corrected chi connectivity index (χ1v) is 8.16. The summed E-state index contributed by atoms with van der Waals surface area (Å²) < 4.78 is 0. The Morgan fingerprint density at radius 3 is 2.85 bits per heavy atom. The first-order chi connectivity index (χ1) is 9.74. The Morgan fingerprint density at radius 2 is 2.20 bits per heavy atom. The van der Waals surface area contributed by atoms with Gasteiger partial charge < -0.3 is 5.32 Å². The van der Waals surface area contributed by atoms with Gasteiger partial charge in [0.2, 0.25) is 0 Å². The zero-order chi connectivity index (χ0) is 14.0. The van der Waals surface area contributed by atoms with Crippen molar-refractivity contribution in [3.8, 4) is 0 Å². The number of aromatic nitrogens is 1. The normalized spacial score (nSPS) is 27.8. The first kappa shape index (κ1) is 14.0. The van der Waals surface area contributed by atoms with Crippen LogP contribution >= 0.6 is 0 Å². The molecule has 1 aliphatic heterocycles. The monoisotopic (exact) mass is 273 g/mol. The molecule has 3 heteroatoms. The third-order valence-electron chi connectivity index (χ3n) is 5.31. The van der Waals surface area contributed by atoms with Crippen LogP contribution in [0.5, 0.6) is 0 Å². The lowest BCUT2D eigenvalue weighted by Gasteiger charge is -2.48. The van der Waals surface area contributed by atoms with Crippen LogP contribution in [-0.4, -0.2) is 34.6 Å². The highest BCUT2D eigenvalue weighted by molar-refractivity contribution is 5.11. The van der Waals surface area contributed by atoms with E-state index in [4.69, 9.17) is 0 Å². The predicted molar refractivity (Wildman–Crippen MR) is 82.6 cm³/mol. The van der Waals surface area contributed by atoms with Crippen LogP contribution in [0.25, 0.3) is 0 Å². The van der Waals surface area contributed by atoms with E-state index in [9.17, 15) is 0 Å².